The van der Waals surface area contributed by atoms with Crippen LogP contribution in [0.2, 0.25) is 0 Å². The van der Waals surface area contributed by atoms with Crippen LogP contribution in [0, 0.1) is 5.92 Å². The van der Waals surface area contributed by atoms with Gasteiger partial charge in [-0.25, -0.2) is 4.90 Å². The highest BCUT2D eigenvalue weighted by atomic mass is 127. The average molecular weight is 309 g/mol. The molecule has 3 atom stereocenters. The Morgan fingerprint density at radius 1 is 1.50 bits per heavy atom. The van der Waals surface area contributed by atoms with Crippen LogP contribution in [-0.2, 0) is 0 Å². The van der Waals surface area contributed by atoms with E-state index in [-0.39, 0.29) is 5.92 Å². The van der Waals surface area contributed by atoms with Crippen molar-refractivity contribution >= 4 is 22.6 Å². The predicted octanol–water partition coefficient (Wildman–Crippen LogP) is 1.47. The minimum absolute atomic E-state index is 0.00374. The highest BCUT2D eigenvalue weighted by Crippen LogP contribution is 2.32. The molecule has 80 valence electrons. The van der Waals surface area contributed by atoms with E-state index < -0.39 is 12.5 Å². The van der Waals surface area contributed by atoms with Crippen LogP contribution in [0.1, 0.15) is 13.8 Å². The van der Waals surface area contributed by atoms with Gasteiger partial charge in [-0.05, 0) is 12.5 Å². The van der Waals surface area contributed by atoms with Crippen molar-refractivity contribution in [3.8, 4) is 0 Å². The van der Waals surface area contributed by atoms with Gasteiger partial charge >= 0.3 is 0 Å². The number of allylic oxidation sites excluding steroid dienone is 3. The van der Waals surface area contributed by atoms with Gasteiger partial charge in [0.05, 0.1) is 4.55 Å². The second-order valence-corrected chi connectivity index (χ2v) is 4.08. The van der Waals surface area contributed by atoms with Crippen molar-refractivity contribution in [2.24, 2.45) is 5.92 Å². The van der Waals surface area contributed by atoms with Gasteiger partial charge in [-0.15, -0.1) is 0 Å². The molecule has 0 aromatic rings. The fourth-order valence-electron chi connectivity index (χ4n) is 1.61. The maximum absolute atomic E-state index is 9.88. The molecular formula is C10H16INO2. The van der Waals surface area contributed by atoms with Crippen LogP contribution in [0.5, 0.6) is 0 Å². The summed E-state index contributed by atoms with van der Waals surface area (Å²) < 4.78 is 0.623. The molecule has 1 aliphatic rings. The zero-order chi connectivity index (χ0) is 10.7. The fraction of sp³-hybridized carbons (Fsp3) is 0.600. The Kier molecular flexibility index (Phi) is 4.56. The quantitative estimate of drug-likeness (QED) is 0.461. The molecule has 0 saturated carbocycles. The first-order valence-electron chi connectivity index (χ1n) is 4.64. The van der Waals surface area contributed by atoms with E-state index >= 15 is 0 Å². The van der Waals surface area contributed by atoms with E-state index in [1.807, 2.05) is 32.1 Å². The minimum atomic E-state index is -0.645. The minimum Gasteiger partial charge on any atom is -0.378 e. The molecule has 0 radical (unpaired) electrons. The Morgan fingerprint density at radius 3 is 2.57 bits per heavy atom. The molecule has 3 nitrogen and oxygen atoms in total. The first-order chi connectivity index (χ1) is 6.63. The van der Waals surface area contributed by atoms with E-state index in [1.165, 1.54) is 0 Å². The molecule has 2 N–H and O–H groups in total. The van der Waals surface area contributed by atoms with Crippen LogP contribution in [-0.4, -0.2) is 32.1 Å². The average Bonchev–Trinajstić information content (AvgIpc) is 2.37. The number of hydrogen-bond acceptors (Lipinski definition) is 3. The van der Waals surface area contributed by atoms with Crippen molar-refractivity contribution in [3.05, 3.63) is 23.8 Å². The van der Waals surface area contributed by atoms with Crippen molar-refractivity contribution < 1.29 is 10.2 Å². The van der Waals surface area contributed by atoms with Gasteiger partial charge < -0.3 is 10.2 Å². The molecule has 0 aromatic carbocycles. The number of aliphatic hydroxyl groups excluding tert-OH is 2. The molecule has 1 saturated heterocycles. The maximum atomic E-state index is 9.88. The molecule has 1 fully saturated rings. The van der Waals surface area contributed by atoms with Crippen LogP contribution in [0.4, 0.5) is 0 Å². The lowest BCUT2D eigenvalue weighted by Gasteiger charge is -2.20. The highest BCUT2D eigenvalue weighted by Gasteiger charge is 2.39. The third-order valence-corrected chi connectivity index (χ3v) is 3.33. The number of halogens is 1. The Balaban J connectivity index is 2.88. The zero-order valence-corrected chi connectivity index (χ0v) is 10.5. The zero-order valence-electron chi connectivity index (χ0n) is 8.39. The second-order valence-electron chi connectivity index (χ2n) is 3.40. The second kappa shape index (κ2) is 5.25. The molecule has 0 spiro atoms. The van der Waals surface area contributed by atoms with Gasteiger partial charge in [-0.2, -0.15) is 0 Å². The first kappa shape index (κ1) is 12.2. The molecule has 14 heavy (non-hydrogen) atoms. The molecular weight excluding hydrogens is 293 g/mol. The third-order valence-electron chi connectivity index (χ3n) is 2.54. The van der Waals surface area contributed by atoms with Crippen molar-refractivity contribution in [1.82, 2.24) is 4.90 Å². The summed E-state index contributed by atoms with van der Waals surface area (Å²) in [6.07, 6.45) is 4.46. The predicted molar refractivity (Wildman–Crippen MR) is 64.8 cm³/mol. The molecule has 1 rings (SSSR count). The van der Waals surface area contributed by atoms with Crippen LogP contribution in [0.25, 0.3) is 0 Å². The van der Waals surface area contributed by atoms with E-state index in [9.17, 15) is 10.2 Å². The normalized spacial score (nSPS) is 37.5. The molecule has 2 unspecified atom stereocenters. The fourth-order valence-corrected chi connectivity index (χ4v) is 2.39. The number of hydrogen-bond donors (Lipinski definition) is 2. The summed E-state index contributed by atoms with van der Waals surface area (Å²) in [6, 6.07) is 0. The molecule has 1 heterocycles. The van der Waals surface area contributed by atoms with Gasteiger partial charge in [-0.1, -0.05) is 47.7 Å². The summed E-state index contributed by atoms with van der Waals surface area (Å²) in [7, 11) is 0. The van der Waals surface area contributed by atoms with Gasteiger partial charge in [-0.3, -0.25) is 0 Å². The summed E-state index contributed by atoms with van der Waals surface area (Å²) in [4.78, 5) is 1.67. The summed E-state index contributed by atoms with van der Waals surface area (Å²) >= 11 is 2.14. The third kappa shape index (κ3) is 2.18. The SMILES string of the molecule is C/C=C\C=C1/C(C)[C@@H](O)N(CI)C1O. The standard InChI is InChI=1S/C10H16INO2/c1-3-4-5-8-7(2)9(13)12(6-11)10(8)14/h3-5,7,9-10,13-14H,6H2,1-2H3/b4-3-,8-5+/t7?,9-,10?/m1/s1. The van der Waals surface area contributed by atoms with Gasteiger partial charge in [0.2, 0.25) is 0 Å². The first-order valence-corrected chi connectivity index (χ1v) is 6.16. The molecule has 0 amide bonds. The monoisotopic (exact) mass is 309 g/mol. The van der Waals surface area contributed by atoms with Crippen LogP contribution < -0.4 is 0 Å². The maximum Gasteiger partial charge on any atom is 0.132 e. The molecule has 0 bridgehead atoms. The molecule has 0 aromatic heterocycles. The number of nitrogens with zero attached hydrogens (tertiary/aromatic N) is 1. The molecule has 4 heteroatoms. The summed E-state index contributed by atoms with van der Waals surface area (Å²) in [5.41, 5.74) is 0.882. The number of rotatable bonds is 2. The Labute approximate surface area is 98.2 Å². The lowest BCUT2D eigenvalue weighted by Crippen LogP contribution is -2.35. The van der Waals surface area contributed by atoms with E-state index in [0.717, 1.165) is 5.57 Å². The number of aliphatic hydroxyl groups is 2. The number of alkyl halides is 1. The van der Waals surface area contributed by atoms with Gasteiger partial charge in [0.15, 0.2) is 0 Å². The van der Waals surface area contributed by atoms with E-state index in [1.54, 1.807) is 4.90 Å². The largest absolute Gasteiger partial charge is 0.378 e. The summed E-state index contributed by atoms with van der Waals surface area (Å²) in [5.74, 6) is -0.00374. The summed E-state index contributed by atoms with van der Waals surface area (Å²) in [5, 5.41) is 19.7. The van der Waals surface area contributed by atoms with Gasteiger partial charge in [0.1, 0.15) is 12.5 Å². The van der Waals surface area contributed by atoms with Crippen molar-refractivity contribution in [2.75, 3.05) is 4.55 Å². The lowest BCUT2D eigenvalue weighted by atomic mass is 10.0. The Morgan fingerprint density at radius 2 is 2.14 bits per heavy atom. The summed E-state index contributed by atoms with van der Waals surface area (Å²) in [6.45, 7) is 3.85. The van der Waals surface area contributed by atoms with Crippen molar-refractivity contribution in [3.63, 3.8) is 0 Å². The topological polar surface area (TPSA) is 43.7 Å². The molecule has 1 aliphatic heterocycles. The van der Waals surface area contributed by atoms with Crippen LogP contribution in [0.3, 0.4) is 0 Å². The van der Waals surface area contributed by atoms with E-state index in [2.05, 4.69) is 22.6 Å². The highest BCUT2D eigenvalue weighted by molar-refractivity contribution is 14.1. The van der Waals surface area contributed by atoms with E-state index in [4.69, 9.17) is 0 Å². The smallest absolute Gasteiger partial charge is 0.132 e. The van der Waals surface area contributed by atoms with Gasteiger partial charge in [0, 0.05) is 5.92 Å². The van der Waals surface area contributed by atoms with Gasteiger partial charge in [0.25, 0.3) is 0 Å². The Hall–Kier alpha value is 0.0900. The van der Waals surface area contributed by atoms with Crippen molar-refractivity contribution in [1.29, 1.82) is 0 Å². The number of likely N-dealkylation sites (tertiary alicyclic amines) is 1. The van der Waals surface area contributed by atoms with Crippen LogP contribution >= 0.6 is 22.6 Å². The lowest BCUT2D eigenvalue weighted by molar-refractivity contribution is -0.0412. The van der Waals surface area contributed by atoms with Crippen LogP contribution in [0.15, 0.2) is 23.8 Å². The van der Waals surface area contributed by atoms with E-state index in [0.29, 0.717) is 4.55 Å². The molecule has 0 aliphatic carbocycles. The Bertz CT molecular complexity index is 253. The van der Waals surface area contributed by atoms with Crippen molar-refractivity contribution in [2.45, 2.75) is 26.3 Å².